The molecule has 1 N–H and O–H groups in total. The lowest BCUT2D eigenvalue weighted by Gasteiger charge is -2.13. The van der Waals surface area contributed by atoms with Crippen LogP contribution in [0.4, 0.5) is 0 Å². The molecule has 0 atom stereocenters. The maximum Gasteiger partial charge on any atom is 0.127 e. The average Bonchev–Trinajstić information content (AvgIpc) is 2.40. The fourth-order valence-corrected chi connectivity index (χ4v) is 1.68. The molecule has 0 saturated heterocycles. The van der Waals surface area contributed by atoms with E-state index in [0.29, 0.717) is 12.5 Å². The first-order chi connectivity index (χ1) is 9.17. The molecule has 1 rings (SSSR count). The third-order valence-electron chi connectivity index (χ3n) is 2.57. The van der Waals surface area contributed by atoms with Crippen molar-refractivity contribution >= 4 is 11.6 Å². The standard InChI is InChI=1S/C15H22ClNO2/c1-12(2)10-17-11-13-5-6-14(18-3)9-15(13)19-8-4-7-16/h4-7,9,12,17H,8,10-11H2,1-3H3. The van der Waals surface area contributed by atoms with E-state index in [4.69, 9.17) is 21.1 Å². The zero-order valence-corrected chi connectivity index (χ0v) is 12.5. The molecule has 19 heavy (non-hydrogen) atoms. The Hall–Kier alpha value is -1.19. The van der Waals surface area contributed by atoms with Gasteiger partial charge in [-0.05, 0) is 24.6 Å². The third-order valence-corrected chi connectivity index (χ3v) is 2.74. The van der Waals surface area contributed by atoms with Crippen molar-refractivity contribution in [2.45, 2.75) is 20.4 Å². The van der Waals surface area contributed by atoms with Crippen molar-refractivity contribution in [2.24, 2.45) is 5.92 Å². The van der Waals surface area contributed by atoms with E-state index in [0.717, 1.165) is 30.2 Å². The number of hydrogen-bond donors (Lipinski definition) is 1. The van der Waals surface area contributed by atoms with Gasteiger partial charge in [-0.25, -0.2) is 0 Å². The van der Waals surface area contributed by atoms with Crippen molar-refractivity contribution in [1.29, 1.82) is 0 Å². The van der Waals surface area contributed by atoms with Crippen LogP contribution in [0.2, 0.25) is 0 Å². The second kappa shape index (κ2) is 8.83. The summed E-state index contributed by atoms with van der Waals surface area (Å²) in [5, 5.41) is 3.40. The van der Waals surface area contributed by atoms with E-state index < -0.39 is 0 Å². The van der Waals surface area contributed by atoms with E-state index in [2.05, 4.69) is 19.2 Å². The first kappa shape index (κ1) is 15.9. The van der Waals surface area contributed by atoms with Gasteiger partial charge < -0.3 is 14.8 Å². The highest BCUT2D eigenvalue weighted by Crippen LogP contribution is 2.25. The van der Waals surface area contributed by atoms with Gasteiger partial charge in [0.1, 0.15) is 18.1 Å². The molecule has 0 aromatic heterocycles. The second-order valence-electron chi connectivity index (χ2n) is 4.67. The van der Waals surface area contributed by atoms with Gasteiger partial charge in [0.25, 0.3) is 0 Å². The van der Waals surface area contributed by atoms with Crippen molar-refractivity contribution in [1.82, 2.24) is 5.32 Å². The summed E-state index contributed by atoms with van der Waals surface area (Å²) in [5.74, 6) is 2.24. The predicted molar refractivity (Wildman–Crippen MR) is 80.0 cm³/mol. The van der Waals surface area contributed by atoms with Gasteiger partial charge in [-0.15, -0.1) is 0 Å². The molecule has 0 aliphatic heterocycles. The van der Waals surface area contributed by atoms with Gasteiger partial charge in [0, 0.05) is 23.7 Å². The van der Waals surface area contributed by atoms with Crippen LogP contribution in [-0.4, -0.2) is 20.3 Å². The number of benzene rings is 1. The Kier molecular flexibility index (Phi) is 7.38. The number of ether oxygens (including phenoxy) is 2. The van der Waals surface area contributed by atoms with Crippen molar-refractivity contribution in [3.05, 3.63) is 35.4 Å². The van der Waals surface area contributed by atoms with Crippen LogP contribution in [0.5, 0.6) is 11.5 Å². The number of rotatable bonds is 8. The lowest BCUT2D eigenvalue weighted by atomic mass is 10.1. The van der Waals surface area contributed by atoms with Crippen molar-refractivity contribution in [3.8, 4) is 11.5 Å². The Morgan fingerprint density at radius 1 is 1.37 bits per heavy atom. The zero-order chi connectivity index (χ0) is 14.1. The molecule has 0 unspecified atom stereocenters. The van der Waals surface area contributed by atoms with Crippen LogP contribution in [0.25, 0.3) is 0 Å². The lowest BCUT2D eigenvalue weighted by molar-refractivity contribution is 0.351. The van der Waals surface area contributed by atoms with E-state index in [-0.39, 0.29) is 0 Å². The fraction of sp³-hybridized carbons (Fsp3) is 0.467. The highest BCUT2D eigenvalue weighted by molar-refractivity contribution is 6.25. The van der Waals surface area contributed by atoms with E-state index in [1.54, 1.807) is 13.2 Å². The smallest absolute Gasteiger partial charge is 0.127 e. The van der Waals surface area contributed by atoms with Crippen LogP contribution in [-0.2, 0) is 6.54 Å². The minimum absolute atomic E-state index is 0.452. The van der Waals surface area contributed by atoms with Crippen molar-refractivity contribution in [3.63, 3.8) is 0 Å². The van der Waals surface area contributed by atoms with Crippen LogP contribution in [0, 0.1) is 5.92 Å². The molecule has 0 spiro atoms. The molecule has 0 bridgehead atoms. The number of halogens is 1. The van der Waals surface area contributed by atoms with Gasteiger partial charge in [-0.1, -0.05) is 31.5 Å². The summed E-state index contributed by atoms with van der Waals surface area (Å²) < 4.78 is 10.9. The minimum Gasteiger partial charge on any atom is -0.497 e. The van der Waals surface area contributed by atoms with Gasteiger partial charge in [-0.2, -0.15) is 0 Å². The second-order valence-corrected chi connectivity index (χ2v) is 4.92. The molecule has 0 heterocycles. The molecule has 4 heteroatoms. The van der Waals surface area contributed by atoms with E-state index in [1.807, 2.05) is 18.2 Å². The summed E-state index contributed by atoms with van der Waals surface area (Å²) in [6, 6.07) is 5.86. The largest absolute Gasteiger partial charge is 0.497 e. The minimum atomic E-state index is 0.452. The van der Waals surface area contributed by atoms with Crippen LogP contribution >= 0.6 is 11.6 Å². The Bertz CT molecular complexity index is 405. The zero-order valence-electron chi connectivity index (χ0n) is 11.8. The quantitative estimate of drug-likeness (QED) is 0.791. The molecule has 1 aromatic carbocycles. The van der Waals surface area contributed by atoms with Crippen LogP contribution in [0.1, 0.15) is 19.4 Å². The summed E-state index contributed by atoms with van der Waals surface area (Å²) in [5.41, 5.74) is 2.57. The number of methoxy groups -OCH3 is 1. The van der Waals surface area contributed by atoms with Gasteiger partial charge >= 0.3 is 0 Å². The molecule has 0 aliphatic rings. The molecular formula is C15H22ClNO2. The molecule has 3 nitrogen and oxygen atoms in total. The van der Waals surface area contributed by atoms with Crippen molar-refractivity contribution < 1.29 is 9.47 Å². The third kappa shape index (κ3) is 5.99. The summed E-state index contributed by atoms with van der Waals surface area (Å²) >= 11 is 5.49. The summed E-state index contributed by atoms with van der Waals surface area (Å²) in [6.07, 6.45) is 1.76. The highest BCUT2D eigenvalue weighted by atomic mass is 35.5. The van der Waals surface area contributed by atoms with Crippen LogP contribution in [0.15, 0.2) is 29.8 Å². The fourth-order valence-electron chi connectivity index (χ4n) is 1.61. The molecule has 0 radical (unpaired) electrons. The molecule has 0 aliphatic carbocycles. The first-order valence-electron chi connectivity index (χ1n) is 6.43. The van der Waals surface area contributed by atoms with E-state index in [9.17, 15) is 0 Å². The summed E-state index contributed by atoms with van der Waals surface area (Å²) in [6.45, 7) is 6.58. The Labute approximate surface area is 120 Å². The highest BCUT2D eigenvalue weighted by Gasteiger charge is 2.06. The Morgan fingerprint density at radius 3 is 2.79 bits per heavy atom. The molecule has 0 saturated carbocycles. The van der Waals surface area contributed by atoms with Crippen LogP contribution in [0.3, 0.4) is 0 Å². The number of nitrogens with one attached hydrogen (secondary N) is 1. The lowest BCUT2D eigenvalue weighted by Crippen LogP contribution is -2.19. The van der Waals surface area contributed by atoms with E-state index >= 15 is 0 Å². The first-order valence-corrected chi connectivity index (χ1v) is 6.86. The SMILES string of the molecule is COc1ccc(CNCC(C)C)c(OCC=CCl)c1. The maximum atomic E-state index is 5.69. The predicted octanol–water partition coefficient (Wildman–Crippen LogP) is 3.57. The Morgan fingerprint density at radius 2 is 2.16 bits per heavy atom. The van der Waals surface area contributed by atoms with E-state index in [1.165, 1.54) is 5.54 Å². The van der Waals surface area contributed by atoms with Crippen LogP contribution < -0.4 is 14.8 Å². The topological polar surface area (TPSA) is 30.5 Å². The number of hydrogen-bond acceptors (Lipinski definition) is 3. The molecule has 106 valence electrons. The molecule has 0 amide bonds. The molecular weight excluding hydrogens is 262 g/mol. The van der Waals surface area contributed by atoms with Gasteiger partial charge in [0.05, 0.1) is 7.11 Å². The monoisotopic (exact) mass is 283 g/mol. The summed E-state index contributed by atoms with van der Waals surface area (Å²) in [7, 11) is 1.65. The van der Waals surface area contributed by atoms with Gasteiger partial charge in [0.15, 0.2) is 0 Å². The average molecular weight is 284 g/mol. The van der Waals surface area contributed by atoms with Gasteiger partial charge in [-0.3, -0.25) is 0 Å². The summed E-state index contributed by atoms with van der Waals surface area (Å²) in [4.78, 5) is 0. The Balaban J connectivity index is 2.70. The van der Waals surface area contributed by atoms with Gasteiger partial charge in [0.2, 0.25) is 0 Å². The van der Waals surface area contributed by atoms with Crippen molar-refractivity contribution in [2.75, 3.05) is 20.3 Å². The normalized spacial score (nSPS) is 11.2. The maximum absolute atomic E-state index is 5.69. The molecule has 0 fully saturated rings. The molecule has 1 aromatic rings.